The lowest BCUT2D eigenvalue weighted by Gasteiger charge is -2.13. The van der Waals surface area contributed by atoms with Crippen molar-refractivity contribution >= 4 is 76.5 Å². The average molecular weight is 705 g/mol. The van der Waals surface area contributed by atoms with Gasteiger partial charge in [-0.05, 0) is 64.9 Å². The van der Waals surface area contributed by atoms with E-state index >= 15 is 0 Å². The fraction of sp³-hybridized carbons (Fsp3) is 0. The number of nitrogens with zero attached hydrogens (tertiary/aromatic N) is 4. The van der Waals surface area contributed by atoms with Crippen molar-refractivity contribution < 1.29 is 8.83 Å². The van der Waals surface area contributed by atoms with Crippen LogP contribution in [0.4, 0.5) is 0 Å². The van der Waals surface area contributed by atoms with Crippen LogP contribution in [0.5, 0.6) is 0 Å². The van der Waals surface area contributed by atoms with Gasteiger partial charge in [-0.1, -0.05) is 121 Å². The van der Waals surface area contributed by atoms with E-state index in [9.17, 15) is 0 Å². The fourth-order valence-electron chi connectivity index (χ4n) is 8.26. The first-order valence-electron chi connectivity index (χ1n) is 18.3. The van der Waals surface area contributed by atoms with E-state index in [1.807, 2.05) is 66.7 Å². The lowest BCUT2D eigenvalue weighted by Crippen LogP contribution is -2.07. The third-order valence-electron chi connectivity index (χ3n) is 10.8. The van der Waals surface area contributed by atoms with Crippen molar-refractivity contribution in [2.45, 2.75) is 0 Å². The minimum Gasteiger partial charge on any atom is -0.456 e. The summed E-state index contributed by atoms with van der Waals surface area (Å²) in [6.45, 7) is 0. The highest BCUT2D eigenvalue weighted by molar-refractivity contribution is 6.17. The Balaban J connectivity index is 1.16. The van der Waals surface area contributed by atoms with Crippen molar-refractivity contribution in [3.05, 3.63) is 170 Å². The summed E-state index contributed by atoms with van der Waals surface area (Å²) in [6.07, 6.45) is 0. The molecule has 0 aliphatic rings. The van der Waals surface area contributed by atoms with E-state index in [2.05, 4.69) is 108 Å². The zero-order valence-corrected chi connectivity index (χ0v) is 29.3. The summed E-state index contributed by atoms with van der Waals surface area (Å²) in [4.78, 5) is 15.7. The van der Waals surface area contributed by atoms with Crippen molar-refractivity contribution in [2.24, 2.45) is 0 Å². The molecule has 0 fully saturated rings. The Bertz CT molecular complexity index is 3500. The molecular formula is C49H28N4O2. The molecular weight excluding hydrogens is 677 g/mol. The molecule has 6 heteroatoms. The monoisotopic (exact) mass is 704 g/mol. The highest BCUT2D eigenvalue weighted by Crippen LogP contribution is 2.41. The predicted molar refractivity (Wildman–Crippen MR) is 223 cm³/mol. The first-order chi connectivity index (χ1) is 27.2. The smallest absolute Gasteiger partial charge is 0.238 e. The van der Waals surface area contributed by atoms with Crippen LogP contribution < -0.4 is 0 Å². The first-order valence-corrected chi connectivity index (χ1v) is 18.3. The van der Waals surface area contributed by atoms with Crippen LogP contribution in [-0.4, -0.2) is 19.5 Å². The standard InChI is InChI=1S/C49H28N4O2/c1-2-11-29(12-3-1)47-50-48(33-22-24-38-36-16-7-9-20-43(36)55-45(38)28-33)52-49(51-47)53-41-26-31-14-5-4-13-30(31)25-40(41)39-18-10-17-34(46(39)53)32-21-23-37-35-15-6-8-19-42(35)54-44(37)27-32/h1-28H. The quantitative estimate of drug-likeness (QED) is 0.182. The third-order valence-corrected chi connectivity index (χ3v) is 10.8. The summed E-state index contributed by atoms with van der Waals surface area (Å²) in [6, 6.07) is 58.7. The summed E-state index contributed by atoms with van der Waals surface area (Å²) in [5.41, 5.74) is 9.20. The minimum absolute atomic E-state index is 0.529. The zero-order chi connectivity index (χ0) is 36.0. The topological polar surface area (TPSA) is 69.9 Å². The molecule has 12 aromatic rings. The molecule has 0 spiro atoms. The van der Waals surface area contributed by atoms with Gasteiger partial charge in [0.2, 0.25) is 5.95 Å². The summed E-state index contributed by atoms with van der Waals surface area (Å²) in [5, 5.41) is 8.86. The van der Waals surface area contributed by atoms with Crippen LogP contribution in [0.2, 0.25) is 0 Å². The summed E-state index contributed by atoms with van der Waals surface area (Å²) in [5.74, 6) is 1.67. The maximum absolute atomic E-state index is 6.38. The number of benzene rings is 8. The molecule has 4 aromatic heterocycles. The maximum Gasteiger partial charge on any atom is 0.238 e. The molecule has 0 N–H and O–H groups in total. The Kier molecular flexibility index (Phi) is 6.24. The SMILES string of the molecule is c1ccc(-c2nc(-c3ccc4c(c3)oc3ccccc34)nc(-n3c4cc5ccccc5cc4c4cccc(-c5ccc6c(c5)oc5ccccc56)c43)n2)cc1. The van der Waals surface area contributed by atoms with Gasteiger partial charge in [-0.3, -0.25) is 4.57 Å². The van der Waals surface area contributed by atoms with E-state index in [0.29, 0.717) is 17.6 Å². The zero-order valence-electron chi connectivity index (χ0n) is 29.3. The lowest BCUT2D eigenvalue weighted by atomic mass is 10.00. The third kappa shape index (κ3) is 4.58. The van der Waals surface area contributed by atoms with Crippen molar-refractivity contribution in [3.63, 3.8) is 0 Å². The average Bonchev–Trinajstić information content (AvgIpc) is 3.91. The number of aromatic nitrogens is 4. The Labute approximate surface area is 313 Å². The second kappa shape index (κ2) is 11.5. The Morgan fingerprint density at radius 1 is 0.364 bits per heavy atom. The molecule has 12 rings (SSSR count). The minimum atomic E-state index is 0.529. The molecule has 256 valence electrons. The number of furan rings is 2. The summed E-state index contributed by atoms with van der Waals surface area (Å²) >= 11 is 0. The number of rotatable bonds is 4. The summed E-state index contributed by atoms with van der Waals surface area (Å²) in [7, 11) is 0. The van der Waals surface area contributed by atoms with Gasteiger partial charge in [-0.15, -0.1) is 0 Å². The van der Waals surface area contributed by atoms with Gasteiger partial charge in [0.15, 0.2) is 11.6 Å². The van der Waals surface area contributed by atoms with Gasteiger partial charge in [0, 0.05) is 49.0 Å². The van der Waals surface area contributed by atoms with E-state index in [1.54, 1.807) is 0 Å². The van der Waals surface area contributed by atoms with Crippen molar-refractivity contribution in [3.8, 4) is 39.9 Å². The van der Waals surface area contributed by atoms with Gasteiger partial charge in [0.25, 0.3) is 0 Å². The van der Waals surface area contributed by atoms with Crippen LogP contribution in [0.3, 0.4) is 0 Å². The predicted octanol–water partition coefficient (Wildman–Crippen LogP) is 12.9. The molecule has 0 radical (unpaired) electrons. The molecule has 0 aliphatic heterocycles. The van der Waals surface area contributed by atoms with E-state index in [4.69, 9.17) is 23.8 Å². The Morgan fingerprint density at radius 2 is 0.927 bits per heavy atom. The van der Waals surface area contributed by atoms with Gasteiger partial charge < -0.3 is 8.83 Å². The molecule has 0 saturated carbocycles. The fourth-order valence-corrected chi connectivity index (χ4v) is 8.26. The first kappa shape index (κ1) is 29.9. The number of hydrogen-bond acceptors (Lipinski definition) is 5. The van der Waals surface area contributed by atoms with Crippen molar-refractivity contribution in [1.29, 1.82) is 0 Å². The number of fused-ring (bicyclic) bond motifs is 10. The van der Waals surface area contributed by atoms with Crippen LogP contribution in [0.15, 0.2) is 179 Å². The van der Waals surface area contributed by atoms with E-state index < -0.39 is 0 Å². The Hall–Kier alpha value is -7.57. The van der Waals surface area contributed by atoms with Gasteiger partial charge in [-0.2, -0.15) is 9.97 Å². The lowest BCUT2D eigenvalue weighted by molar-refractivity contribution is 0.668. The van der Waals surface area contributed by atoms with Gasteiger partial charge in [-0.25, -0.2) is 4.98 Å². The molecule has 4 heterocycles. The second-order valence-electron chi connectivity index (χ2n) is 14.0. The molecule has 0 aliphatic carbocycles. The largest absolute Gasteiger partial charge is 0.456 e. The highest BCUT2D eigenvalue weighted by Gasteiger charge is 2.22. The molecule has 6 nitrogen and oxygen atoms in total. The second-order valence-corrected chi connectivity index (χ2v) is 14.0. The van der Waals surface area contributed by atoms with Crippen LogP contribution >= 0.6 is 0 Å². The van der Waals surface area contributed by atoms with Crippen LogP contribution in [0.25, 0.3) is 116 Å². The molecule has 0 bridgehead atoms. The molecule has 0 amide bonds. The van der Waals surface area contributed by atoms with Crippen LogP contribution in [0.1, 0.15) is 0 Å². The van der Waals surface area contributed by atoms with E-state index in [0.717, 1.165) is 93.3 Å². The maximum atomic E-state index is 6.38. The molecule has 8 aromatic carbocycles. The Morgan fingerprint density at radius 3 is 1.65 bits per heavy atom. The summed E-state index contributed by atoms with van der Waals surface area (Å²) < 4.78 is 14.9. The van der Waals surface area contributed by atoms with Gasteiger partial charge in [0.1, 0.15) is 22.3 Å². The van der Waals surface area contributed by atoms with Gasteiger partial charge in [0.05, 0.1) is 11.0 Å². The van der Waals surface area contributed by atoms with Gasteiger partial charge >= 0.3 is 0 Å². The number of para-hydroxylation sites is 3. The van der Waals surface area contributed by atoms with E-state index in [-0.39, 0.29) is 0 Å². The van der Waals surface area contributed by atoms with E-state index in [1.165, 1.54) is 5.39 Å². The van der Waals surface area contributed by atoms with Crippen molar-refractivity contribution in [1.82, 2.24) is 19.5 Å². The molecule has 0 saturated heterocycles. The number of hydrogen-bond donors (Lipinski definition) is 0. The molecule has 0 atom stereocenters. The van der Waals surface area contributed by atoms with Crippen molar-refractivity contribution in [2.75, 3.05) is 0 Å². The van der Waals surface area contributed by atoms with Crippen LogP contribution in [0, 0.1) is 0 Å². The van der Waals surface area contributed by atoms with Crippen LogP contribution in [-0.2, 0) is 0 Å². The molecule has 0 unspecified atom stereocenters. The highest BCUT2D eigenvalue weighted by atomic mass is 16.3. The normalized spacial score (nSPS) is 12.0. The molecule has 55 heavy (non-hydrogen) atoms.